The SMILES string of the molecule is CC(C)(C)[Si](C)(C)O[C@@H]1C(=O)C[C@@H]2C=C[C@@]1(C)N2S(=O)(=O)c1ccc([N+](=O)[O-])cc1. The van der Waals surface area contributed by atoms with E-state index in [0.29, 0.717) is 0 Å². The molecule has 1 aromatic rings. The number of nitro groups is 1. The van der Waals surface area contributed by atoms with Gasteiger partial charge in [-0.2, -0.15) is 4.31 Å². The van der Waals surface area contributed by atoms with Gasteiger partial charge in [0.25, 0.3) is 5.69 Å². The summed E-state index contributed by atoms with van der Waals surface area (Å²) in [6.45, 7) is 12.0. The number of hydrogen-bond acceptors (Lipinski definition) is 6. The molecular weight excluding hydrogens is 424 g/mol. The van der Waals surface area contributed by atoms with Gasteiger partial charge in [0.1, 0.15) is 6.10 Å². The van der Waals surface area contributed by atoms with Crippen molar-refractivity contribution < 1.29 is 22.6 Å². The van der Waals surface area contributed by atoms with Crippen LogP contribution in [0.25, 0.3) is 0 Å². The Morgan fingerprint density at radius 1 is 1.23 bits per heavy atom. The lowest BCUT2D eigenvalue weighted by atomic mass is 9.89. The van der Waals surface area contributed by atoms with E-state index >= 15 is 0 Å². The highest BCUT2D eigenvalue weighted by Crippen LogP contribution is 2.46. The highest BCUT2D eigenvalue weighted by molar-refractivity contribution is 7.89. The quantitative estimate of drug-likeness (QED) is 0.292. The lowest BCUT2D eigenvalue weighted by Crippen LogP contribution is -2.65. The van der Waals surface area contributed by atoms with Crippen molar-refractivity contribution in [1.82, 2.24) is 4.31 Å². The van der Waals surface area contributed by atoms with Crippen molar-refractivity contribution >= 4 is 29.8 Å². The summed E-state index contributed by atoms with van der Waals surface area (Å²) in [5.41, 5.74) is -1.34. The lowest BCUT2D eigenvalue weighted by molar-refractivity contribution is -0.384. The molecule has 0 amide bonds. The number of carbonyl (C=O) groups excluding carboxylic acids is 1. The number of nitro benzene ring substituents is 1. The third-order valence-electron chi connectivity index (χ3n) is 6.49. The zero-order chi connectivity index (χ0) is 22.7. The van der Waals surface area contributed by atoms with E-state index in [1.165, 1.54) is 28.6 Å². The molecule has 0 radical (unpaired) electrons. The highest BCUT2D eigenvalue weighted by atomic mass is 32.2. The first-order valence-electron chi connectivity index (χ1n) is 9.80. The van der Waals surface area contributed by atoms with Crippen LogP contribution in [-0.4, -0.2) is 49.4 Å². The van der Waals surface area contributed by atoms with Crippen molar-refractivity contribution in [3.63, 3.8) is 0 Å². The van der Waals surface area contributed by atoms with Crippen LogP contribution in [0.3, 0.4) is 0 Å². The van der Waals surface area contributed by atoms with Gasteiger partial charge in [0.05, 0.1) is 21.4 Å². The van der Waals surface area contributed by atoms with E-state index in [0.717, 1.165) is 0 Å². The number of ketones is 1. The number of carbonyl (C=O) groups is 1. The monoisotopic (exact) mass is 452 g/mol. The average Bonchev–Trinajstić information content (AvgIpc) is 2.90. The Hall–Kier alpha value is -1.88. The van der Waals surface area contributed by atoms with Gasteiger partial charge in [0.2, 0.25) is 10.0 Å². The van der Waals surface area contributed by atoms with Crippen molar-refractivity contribution in [2.24, 2.45) is 0 Å². The lowest BCUT2D eigenvalue weighted by Gasteiger charge is -2.49. The van der Waals surface area contributed by atoms with Crippen LogP contribution in [0, 0.1) is 10.1 Å². The Morgan fingerprint density at radius 3 is 2.30 bits per heavy atom. The molecule has 0 unspecified atom stereocenters. The van der Waals surface area contributed by atoms with Crippen LogP contribution in [0.15, 0.2) is 41.3 Å². The Labute approximate surface area is 178 Å². The summed E-state index contributed by atoms with van der Waals surface area (Å²) in [7, 11) is -6.37. The molecule has 0 N–H and O–H groups in total. The second-order valence-corrected chi connectivity index (χ2v) is 16.2. The van der Waals surface area contributed by atoms with E-state index in [1.807, 2.05) is 13.1 Å². The maximum Gasteiger partial charge on any atom is 0.269 e. The molecule has 0 spiro atoms. The Morgan fingerprint density at radius 2 is 1.80 bits per heavy atom. The fourth-order valence-corrected chi connectivity index (χ4v) is 6.95. The van der Waals surface area contributed by atoms with Crippen molar-refractivity contribution in [1.29, 1.82) is 0 Å². The molecule has 2 bridgehead atoms. The normalized spacial score (nSPS) is 27.5. The van der Waals surface area contributed by atoms with Gasteiger partial charge in [0.15, 0.2) is 14.1 Å². The maximum atomic E-state index is 13.5. The van der Waals surface area contributed by atoms with Gasteiger partial charge in [0, 0.05) is 18.6 Å². The number of rotatable bonds is 5. The highest BCUT2D eigenvalue weighted by Gasteiger charge is 2.59. The Kier molecular flexibility index (Phi) is 5.38. The van der Waals surface area contributed by atoms with Gasteiger partial charge in [-0.15, -0.1) is 0 Å². The summed E-state index contributed by atoms with van der Waals surface area (Å²) in [6.07, 6.45) is 2.64. The van der Waals surface area contributed by atoms with Crippen LogP contribution in [0.1, 0.15) is 34.1 Å². The minimum Gasteiger partial charge on any atom is -0.405 e. The van der Waals surface area contributed by atoms with Crippen molar-refractivity contribution in [2.45, 2.75) is 74.8 Å². The molecule has 2 aliphatic rings. The van der Waals surface area contributed by atoms with Crippen LogP contribution in [0.4, 0.5) is 5.69 Å². The predicted octanol–water partition coefficient (Wildman–Crippen LogP) is 3.65. The maximum absolute atomic E-state index is 13.5. The van der Waals surface area contributed by atoms with Crippen LogP contribution >= 0.6 is 0 Å². The Balaban J connectivity index is 2.02. The summed E-state index contributed by atoms with van der Waals surface area (Å²) in [4.78, 5) is 23.2. The van der Waals surface area contributed by atoms with Gasteiger partial charge in [-0.05, 0) is 37.2 Å². The molecule has 3 atom stereocenters. The first-order valence-corrected chi connectivity index (χ1v) is 14.1. The van der Waals surface area contributed by atoms with E-state index in [2.05, 4.69) is 20.8 Å². The summed E-state index contributed by atoms with van der Waals surface area (Å²) in [6, 6.07) is 4.21. The minimum atomic E-state index is -4.01. The van der Waals surface area contributed by atoms with Crippen molar-refractivity contribution in [3.8, 4) is 0 Å². The first kappa shape index (κ1) is 22.8. The molecule has 8 nitrogen and oxygen atoms in total. The van der Waals surface area contributed by atoms with Crippen LogP contribution in [0.5, 0.6) is 0 Å². The van der Waals surface area contributed by atoms with Gasteiger partial charge in [-0.1, -0.05) is 32.9 Å². The number of nitrogens with zero attached hydrogens (tertiary/aromatic N) is 2. The van der Waals surface area contributed by atoms with E-state index in [4.69, 9.17) is 4.43 Å². The number of fused-ring (bicyclic) bond motifs is 2. The van der Waals surface area contributed by atoms with Gasteiger partial charge >= 0.3 is 0 Å². The third kappa shape index (κ3) is 3.55. The average molecular weight is 453 g/mol. The number of benzene rings is 1. The van der Waals surface area contributed by atoms with Gasteiger partial charge in [-0.25, -0.2) is 8.42 Å². The zero-order valence-electron chi connectivity index (χ0n) is 18.1. The number of Topliss-reactive ketones (excluding diaryl/α,β-unsaturated/α-hetero) is 1. The molecule has 1 aromatic carbocycles. The van der Waals surface area contributed by atoms with Crippen molar-refractivity contribution in [3.05, 3.63) is 46.5 Å². The standard InChI is InChI=1S/C20H28N2O6SSi/c1-19(2,3)30(5,6)28-18-17(23)13-15-11-12-20(18,4)21(15)29(26,27)16-9-7-14(8-10-16)22(24)25/h7-12,15,18H,13H2,1-6H3/t15-,18+,20+/m0/s1. The molecule has 2 aliphatic heterocycles. The molecule has 0 aromatic heterocycles. The second kappa shape index (κ2) is 7.08. The van der Waals surface area contributed by atoms with E-state index in [-0.39, 0.29) is 27.8 Å². The number of sulfonamides is 1. The minimum absolute atomic E-state index is 0.0393. The number of piperidine rings is 1. The predicted molar refractivity (Wildman–Crippen MR) is 115 cm³/mol. The van der Waals surface area contributed by atoms with E-state index in [9.17, 15) is 23.3 Å². The molecule has 1 fully saturated rings. The second-order valence-electron chi connectivity index (χ2n) is 9.63. The molecule has 164 valence electrons. The van der Waals surface area contributed by atoms with Crippen LogP contribution in [0.2, 0.25) is 18.1 Å². The van der Waals surface area contributed by atoms with E-state index < -0.39 is 40.9 Å². The smallest absolute Gasteiger partial charge is 0.269 e. The topological polar surface area (TPSA) is 107 Å². The van der Waals surface area contributed by atoms with E-state index in [1.54, 1.807) is 19.1 Å². The number of non-ortho nitro benzene ring substituents is 1. The molecule has 0 aliphatic carbocycles. The van der Waals surface area contributed by atoms with Crippen LogP contribution in [-0.2, 0) is 19.2 Å². The largest absolute Gasteiger partial charge is 0.405 e. The Bertz CT molecular complexity index is 1010. The van der Waals surface area contributed by atoms with Gasteiger partial charge < -0.3 is 4.43 Å². The van der Waals surface area contributed by atoms with Gasteiger partial charge in [-0.3, -0.25) is 14.9 Å². The molecule has 10 heteroatoms. The zero-order valence-corrected chi connectivity index (χ0v) is 19.9. The molecule has 3 rings (SSSR count). The number of hydrogen-bond donors (Lipinski definition) is 0. The van der Waals surface area contributed by atoms with Crippen LogP contribution < -0.4 is 0 Å². The molecule has 2 heterocycles. The fourth-order valence-electron chi connectivity index (χ4n) is 3.75. The fraction of sp³-hybridized carbons (Fsp3) is 0.550. The molecular formula is C20H28N2O6SSi. The summed E-state index contributed by atoms with van der Waals surface area (Å²) in [5.74, 6) is -0.104. The molecule has 0 saturated carbocycles. The third-order valence-corrected chi connectivity index (χ3v) is 13.0. The molecule has 30 heavy (non-hydrogen) atoms. The summed E-state index contributed by atoms with van der Waals surface area (Å²) < 4.78 is 34.8. The van der Waals surface area contributed by atoms with Crippen molar-refractivity contribution in [2.75, 3.05) is 0 Å². The molecule has 1 saturated heterocycles. The summed E-state index contributed by atoms with van der Waals surface area (Å²) >= 11 is 0. The first-order chi connectivity index (χ1) is 13.6. The summed E-state index contributed by atoms with van der Waals surface area (Å²) in [5, 5.41) is 10.8.